The second-order valence-electron chi connectivity index (χ2n) is 3.10. The molecule has 0 radical (unpaired) electrons. The summed E-state index contributed by atoms with van der Waals surface area (Å²) in [4.78, 5) is 7.64. The number of rotatable bonds is 3. The third kappa shape index (κ3) is 2.46. The lowest BCUT2D eigenvalue weighted by molar-refractivity contribution is 0.177. The first-order chi connectivity index (χ1) is 6.52. The van der Waals surface area contributed by atoms with Gasteiger partial charge in [0.1, 0.15) is 12.0 Å². The summed E-state index contributed by atoms with van der Waals surface area (Å²) in [5, 5.41) is 12.4. The van der Waals surface area contributed by atoms with Gasteiger partial charge in [0.2, 0.25) is 0 Å². The maximum atomic E-state index is 9.26. The number of nitrogen functional groups attached to an aromatic ring is 1. The summed E-state index contributed by atoms with van der Waals surface area (Å²) >= 11 is 5.70. The zero-order chi connectivity index (χ0) is 10.7. The average Bonchev–Trinajstić information content (AvgIpc) is 2.12. The molecule has 0 aromatic carbocycles. The Hall–Kier alpha value is -1.07. The van der Waals surface area contributed by atoms with Crippen LogP contribution in [0.25, 0.3) is 0 Å². The molecule has 0 aliphatic carbocycles. The molecule has 0 aliphatic rings. The third-order valence-electron chi connectivity index (χ3n) is 1.92. The first kappa shape index (κ1) is 11.0. The molecule has 1 aromatic rings. The lowest BCUT2D eigenvalue weighted by Gasteiger charge is -2.18. The van der Waals surface area contributed by atoms with E-state index in [2.05, 4.69) is 15.3 Å². The van der Waals surface area contributed by atoms with Crippen molar-refractivity contribution in [1.82, 2.24) is 9.97 Å². The van der Waals surface area contributed by atoms with Crippen molar-refractivity contribution in [3.63, 3.8) is 0 Å². The van der Waals surface area contributed by atoms with Crippen molar-refractivity contribution in [3.05, 3.63) is 11.5 Å². The first-order valence-corrected chi connectivity index (χ1v) is 4.60. The van der Waals surface area contributed by atoms with Gasteiger partial charge < -0.3 is 16.2 Å². The molecule has 0 saturated carbocycles. The Balaban J connectivity index is 2.82. The van der Waals surface area contributed by atoms with E-state index < -0.39 is 6.10 Å². The Bertz CT molecular complexity index is 318. The molecule has 14 heavy (non-hydrogen) atoms. The van der Waals surface area contributed by atoms with Crippen molar-refractivity contribution in [2.75, 3.05) is 11.1 Å². The number of anilines is 2. The molecular weight excluding hydrogens is 204 g/mol. The summed E-state index contributed by atoms with van der Waals surface area (Å²) in [5.41, 5.74) is 5.92. The van der Waals surface area contributed by atoms with Crippen LogP contribution in [-0.4, -0.2) is 27.2 Å². The van der Waals surface area contributed by atoms with Gasteiger partial charge in [-0.15, -0.1) is 0 Å². The number of halogens is 1. The van der Waals surface area contributed by atoms with Gasteiger partial charge in [-0.05, 0) is 13.8 Å². The van der Waals surface area contributed by atoms with Gasteiger partial charge in [0.05, 0.1) is 12.1 Å². The van der Waals surface area contributed by atoms with Crippen LogP contribution in [0, 0.1) is 0 Å². The number of hydrogen-bond acceptors (Lipinski definition) is 5. The molecule has 0 amide bonds. The number of nitrogens with one attached hydrogen (secondary N) is 1. The van der Waals surface area contributed by atoms with E-state index in [0.29, 0.717) is 11.5 Å². The van der Waals surface area contributed by atoms with E-state index >= 15 is 0 Å². The summed E-state index contributed by atoms with van der Waals surface area (Å²) in [6.07, 6.45) is 0.818. The van der Waals surface area contributed by atoms with Gasteiger partial charge in [0, 0.05) is 0 Å². The monoisotopic (exact) mass is 216 g/mol. The molecule has 4 N–H and O–H groups in total. The van der Waals surface area contributed by atoms with E-state index in [1.54, 1.807) is 6.92 Å². The van der Waals surface area contributed by atoms with Crippen molar-refractivity contribution in [2.24, 2.45) is 0 Å². The highest BCUT2D eigenvalue weighted by molar-refractivity contribution is 6.32. The van der Waals surface area contributed by atoms with Crippen LogP contribution in [-0.2, 0) is 0 Å². The minimum atomic E-state index is -0.497. The molecule has 2 unspecified atom stereocenters. The van der Waals surface area contributed by atoms with Crippen molar-refractivity contribution < 1.29 is 5.11 Å². The molecule has 0 fully saturated rings. The lowest BCUT2D eigenvalue weighted by atomic mass is 10.2. The number of nitrogens with two attached hydrogens (primary N) is 1. The van der Waals surface area contributed by atoms with E-state index in [-0.39, 0.29) is 11.2 Å². The van der Waals surface area contributed by atoms with Gasteiger partial charge in [0.15, 0.2) is 11.0 Å². The minimum absolute atomic E-state index is 0.150. The maximum Gasteiger partial charge on any atom is 0.157 e. The van der Waals surface area contributed by atoms with Crippen LogP contribution in [0.15, 0.2) is 6.33 Å². The predicted octanol–water partition coefficient (Wildman–Crippen LogP) is 0.893. The molecule has 6 heteroatoms. The number of nitrogens with zero attached hydrogens (tertiary/aromatic N) is 2. The second-order valence-corrected chi connectivity index (χ2v) is 3.46. The van der Waals surface area contributed by atoms with E-state index in [1.165, 1.54) is 6.33 Å². The van der Waals surface area contributed by atoms with Crippen LogP contribution in [0.5, 0.6) is 0 Å². The molecular formula is C8H13ClN4O. The highest BCUT2D eigenvalue weighted by Crippen LogP contribution is 2.22. The Labute approximate surface area is 87.3 Å². The Kier molecular flexibility index (Phi) is 3.49. The summed E-state index contributed by atoms with van der Waals surface area (Å²) < 4.78 is 0. The quantitative estimate of drug-likeness (QED) is 0.654. The standard InChI is InChI=1S/C8H13ClN4O/c1-4(5(2)14)13-8-6(10)7(9)11-3-12-8/h3-5,14H,10H2,1-2H3,(H,11,12,13). The Morgan fingerprint density at radius 2 is 2.14 bits per heavy atom. The fraction of sp³-hybridized carbons (Fsp3) is 0.500. The van der Waals surface area contributed by atoms with E-state index in [4.69, 9.17) is 17.3 Å². The molecule has 1 aromatic heterocycles. The van der Waals surface area contributed by atoms with Gasteiger partial charge in [-0.3, -0.25) is 0 Å². The van der Waals surface area contributed by atoms with Crippen molar-refractivity contribution in [2.45, 2.75) is 26.0 Å². The highest BCUT2D eigenvalue weighted by atomic mass is 35.5. The number of aliphatic hydroxyl groups is 1. The van der Waals surface area contributed by atoms with Crippen LogP contribution < -0.4 is 11.1 Å². The zero-order valence-electron chi connectivity index (χ0n) is 8.03. The van der Waals surface area contributed by atoms with Crippen LogP contribution in [0.3, 0.4) is 0 Å². The Morgan fingerprint density at radius 1 is 1.50 bits per heavy atom. The first-order valence-electron chi connectivity index (χ1n) is 4.23. The van der Waals surface area contributed by atoms with Gasteiger partial charge in [0.25, 0.3) is 0 Å². The van der Waals surface area contributed by atoms with Crippen molar-refractivity contribution in [3.8, 4) is 0 Å². The molecule has 1 rings (SSSR count). The molecule has 0 spiro atoms. The second kappa shape index (κ2) is 4.43. The summed E-state index contributed by atoms with van der Waals surface area (Å²) in [6.45, 7) is 3.50. The fourth-order valence-electron chi connectivity index (χ4n) is 0.825. The summed E-state index contributed by atoms with van der Waals surface area (Å²) in [7, 11) is 0. The van der Waals surface area contributed by atoms with Crippen LogP contribution in [0.4, 0.5) is 11.5 Å². The Morgan fingerprint density at radius 3 is 2.71 bits per heavy atom. The van der Waals surface area contributed by atoms with Crippen LogP contribution in [0.1, 0.15) is 13.8 Å². The number of hydrogen-bond donors (Lipinski definition) is 3. The topological polar surface area (TPSA) is 84.1 Å². The summed E-state index contributed by atoms with van der Waals surface area (Å²) in [6, 6.07) is -0.150. The number of aromatic nitrogens is 2. The van der Waals surface area contributed by atoms with E-state index in [1.807, 2.05) is 6.92 Å². The lowest BCUT2D eigenvalue weighted by Crippen LogP contribution is -2.28. The molecule has 0 bridgehead atoms. The fourth-order valence-corrected chi connectivity index (χ4v) is 0.958. The van der Waals surface area contributed by atoms with Crippen LogP contribution in [0.2, 0.25) is 5.15 Å². The summed E-state index contributed by atoms with van der Waals surface area (Å²) in [5.74, 6) is 0.443. The van der Waals surface area contributed by atoms with Crippen molar-refractivity contribution in [1.29, 1.82) is 0 Å². The zero-order valence-corrected chi connectivity index (χ0v) is 8.78. The highest BCUT2D eigenvalue weighted by Gasteiger charge is 2.12. The molecule has 0 saturated heterocycles. The van der Waals surface area contributed by atoms with Crippen molar-refractivity contribution >= 4 is 23.1 Å². The molecule has 5 nitrogen and oxygen atoms in total. The van der Waals surface area contributed by atoms with Gasteiger partial charge in [-0.1, -0.05) is 11.6 Å². The van der Waals surface area contributed by atoms with Gasteiger partial charge >= 0.3 is 0 Å². The average molecular weight is 217 g/mol. The van der Waals surface area contributed by atoms with E-state index in [9.17, 15) is 5.11 Å². The van der Waals surface area contributed by atoms with Gasteiger partial charge in [-0.25, -0.2) is 9.97 Å². The smallest absolute Gasteiger partial charge is 0.157 e. The SMILES string of the molecule is CC(O)C(C)Nc1ncnc(Cl)c1N. The maximum absolute atomic E-state index is 9.26. The van der Waals surface area contributed by atoms with Gasteiger partial charge in [-0.2, -0.15) is 0 Å². The molecule has 2 atom stereocenters. The molecule has 78 valence electrons. The number of aliphatic hydroxyl groups excluding tert-OH is 1. The molecule has 0 aliphatic heterocycles. The largest absolute Gasteiger partial charge is 0.393 e. The van der Waals surface area contributed by atoms with E-state index in [0.717, 1.165) is 0 Å². The normalized spacial score (nSPS) is 14.9. The predicted molar refractivity (Wildman–Crippen MR) is 56.2 cm³/mol. The van der Waals surface area contributed by atoms with Crippen LogP contribution >= 0.6 is 11.6 Å². The molecule has 1 heterocycles. The third-order valence-corrected chi connectivity index (χ3v) is 2.22. The minimum Gasteiger partial charge on any atom is -0.393 e.